The highest BCUT2D eigenvalue weighted by Crippen LogP contribution is 2.09. The lowest BCUT2D eigenvalue weighted by Crippen LogP contribution is -2.37. The summed E-state index contributed by atoms with van der Waals surface area (Å²) in [7, 11) is 0. The third-order valence-corrected chi connectivity index (χ3v) is 1.31. The first-order valence-electron chi connectivity index (χ1n) is 4.35. The largest absolute Gasteiger partial charge is 0.459 e. The molecule has 0 rings (SSSR count). The number of carbonyl (C=O) groups is 1. The predicted molar refractivity (Wildman–Crippen MR) is 59.1 cm³/mol. The summed E-state index contributed by atoms with van der Waals surface area (Å²) < 4.78 is 5.09. The smallest absolute Gasteiger partial charge is 0.323 e. The van der Waals surface area contributed by atoms with E-state index in [2.05, 4.69) is 0 Å². The van der Waals surface area contributed by atoms with Gasteiger partial charge in [-0.2, -0.15) is 0 Å². The second-order valence-electron chi connectivity index (χ2n) is 3.93. The molecule has 80 valence electrons. The molecule has 2 N–H and O–H groups in total. The van der Waals surface area contributed by atoms with Crippen molar-refractivity contribution in [2.24, 2.45) is 5.73 Å². The molecule has 0 aromatic heterocycles. The van der Waals surface area contributed by atoms with Crippen molar-refractivity contribution in [3.05, 3.63) is 0 Å². The normalized spacial score (nSPS) is 13.0. The van der Waals surface area contributed by atoms with Gasteiger partial charge in [-0.3, -0.25) is 4.79 Å². The quantitative estimate of drug-likeness (QED) is 0.784. The summed E-state index contributed by atoms with van der Waals surface area (Å²) in [6.45, 7) is 7.50. The van der Waals surface area contributed by atoms with Gasteiger partial charge in [0.25, 0.3) is 0 Å². The van der Waals surface area contributed by atoms with Crippen molar-refractivity contribution in [1.29, 1.82) is 0 Å². The van der Waals surface area contributed by atoms with Crippen LogP contribution < -0.4 is 5.73 Å². The Hall–Kier alpha value is -0.0900. The van der Waals surface area contributed by atoms with Gasteiger partial charge in [0, 0.05) is 0 Å². The number of nitrogens with two attached hydrogens (primary N) is 1. The number of hydrogen-bond acceptors (Lipinski definition) is 3. The molecular weight excluding hydrogens is 234 g/mol. The van der Waals surface area contributed by atoms with Crippen molar-refractivity contribution in [3.63, 3.8) is 0 Å². The Bertz CT molecular complexity index is 154. The van der Waals surface area contributed by atoms with Crippen LogP contribution >= 0.6 is 17.0 Å². The van der Waals surface area contributed by atoms with Crippen molar-refractivity contribution in [2.75, 3.05) is 0 Å². The topological polar surface area (TPSA) is 52.3 Å². The van der Waals surface area contributed by atoms with Crippen LogP contribution in [0.15, 0.2) is 0 Å². The molecule has 0 saturated heterocycles. The minimum Gasteiger partial charge on any atom is -0.459 e. The zero-order chi connectivity index (χ0) is 9.78. The van der Waals surface area contributed by atoms with Crippen LogP contribution in [0.3, 0.4) is 0 Å². The van der Waals surface area contributed by atoms with Gasteiger partial charge in [-0.25, -0.2) is 0 Å². The number of halogens is 1. The van der Waals surface area contributed by atoms with Crippen LogP contribution in [0.1, 0.15) is 40.5 Å². The first-order valence-corrected chi connectivity index (χ1v) is 4.35. The van der Waals surface area contributed by atoms with E-state index in [1.54, 1.807) is 0 Å². The first-order chi connectivity index (χ1) is 5.37. The highest BCUT2D eigenvalue weighted by Gasteiger charge is 2.20. The van der Waals surface area contributed by atoms with Crippen LogP contribution in [0, 0.1) is 0 Å². The Morgan fingerprint density at radius 1 is 1.46 bits per heavy atom. The monoisotopic (exact) mass is 253 g/mol. The van der Waals surface area contributed by atoms with E-state index in [-0.39, 0.29) is 23.0 Å². The van der Waals surface area contributed by atoms with Crippen molar-refractivity contribution in [2.45, 2.75) is 52.2 Å². The zero-order valence-electron chi connectivity index (χ0n) is 8.79. The third kappa shape index (κ3) is 8.25. The molecule has 0 unspecified atom stereocenters. The number of rotatable bonds is 3. The average molecular weight is 254 g/mol. The van der Waals surface area contributed by atoms with Crippen LogP contribution in [0.2, 0.25) is 0 Å². The Labute approximate surface area is 90.8 Å². The first kappa shape index (κ1) is 15.4. The van der Waals surface area contributed by atoms with Gasteiger partial charge in [0.2, 0.25) is 0 Å². The molecule has 4 heteroatoms. The fourth-order valence-electron chi connectivity index (χ4n) is 0.806. The minimum atomic E-state index is -0.464. The highest BCUT2D eigenvalue weighted by molar-refractivity contribution is 8.93. The number of carbonyl (C=O) groups excluding carboxylic acids is 1. The lowest BCUT2D eigenvalue weighted by atomic mass is 10.1. The van der Waals surface area contributed by atoms with Gasteiger partial charge in [-0.1, -0.05) is 13.3 Å². The minimum absolute atomic E-state index is 0. The summed E-state index contributed by atoms with van der Waals surface area (Å²) in [5.74, 6) is -0.302. The number of esters is 1. The fourth-order valence-corrected chi connectivity index (χ4v) is 0.806. The lowest BCUT2D eigenvalue weighted by molar-refractivity contribution is -0.156. The molecule has 0 aliphatic heterocycles. The summed E-state index contributed by atoms with van der Waals surface area (Å²) in [6, 6.07) is -0.464. The van der Waals surface area contributed by atoms with Crippen molar-refractivity contribution in [3.8, 4) is 0 Å². The van der Waals surface area contributed by atoms with Crippen molar-refractivity contribution < 1.29 is 9.53 Å². The van der Waals surface area contributed by atoms with Gasteiger partial charge in [-0.15, -0.1) is 17.0 Å². The van der Waals surface area contributed by atoms with Crippen LogP contribution in [0.5, 0.6) is 0 Å². The Morgan fingerprint density at radius 2 is 1.92 bits per heavy atom. The Balaban J connectivity index is 0. The molecule has 0 aliphatic rings. The maximum Gasteiger partial charge on any atom is 0.323 e. The molecule has 0 amide bonds. The predicted octanol–water partition coefficient (Wildman–Crippen LogP) is 2.03. The number of ether oxygens (including phenoxy) is 1. The van der Waals surface area contributed by atoms with E-state index in [9.17, 15) is 4.79 Å². The summed E-state index contributed by atoms with van der Waals surface area (Å²) >= 11 is 0. The summed E-state index contributed by atoms with van der Waals surface area (Å²) in [5, 5.41) is 0. The molecule has 0 spiro atoms. The molecule has 0 bridgehead atoms. The molecule has 0 aromatic carbocycles. The summed E-state index contributed by atoms with van der Waals surface area (Å²) in [6.07, 6.45) is 1.59. The molecule has 1 atom stereocenters. The SMILES string of the molecule is Br.CCC[C@H](N)C(=O)OC(C)(C)C. The van der Waals surface area contributed by atoms with Crippen molar-refractivity contribution in [1.82, 2.24) is 0 Å². The van der Waals surface area contributed by atoms with Gasteiger partial charge >= 0.3 is 5.97 Å². The zero-order valence-corrected chi connectivity index (χ0v) is 10.5. The molecule has 0 fully saturated rings. The summed E-state index contributed by atoms with van der Waals surface area (Å²) in [5.41, 5.74) is 5.13. The lowest BCUT2D eigenvalue weighted by Gasteiger charge is -2.21. The maximum absolute atomic E-state index is 11.2. The van der Waals surface area contributed by atoms with Crippen LogP contribution in [0.25, 0.3) is 0 Å². The van der Waals surface area contributed by atoms with Crippen molar-refractivity contribution >= 4 is 23.0 Å². The molecule has 0 aliphatic carbocycles. The molecule has 0 heterocycles. The average Bonchev–Trinajstić information content (AvgIpc) is 1.84. The fraction of sp³-hybridized carbons (Fsp3) is 0.889. The number of hydrogen-bond donors (Lipinski definition) is 1. The summed E-state index contributed by atoms with van der Waals surface area (Å²) in [4.78, 5) is 11.2. The van der Waals surface area contributed by atoms with Gasteiger partial charge in [-0.05, 0) is 27.2 Å². The maximum atomic E-state index is 11.2. The van der Waals surface area contributed by atoms with Crippen LogP contribution in [0.4, 0.5) is 0 Å². The van der Waals surface area contributed by atoms with Gasteiger partial charge < -0.3 is 10.5 Å². The second-order valence-corrected chi connectivity index (χ2v) is 3.93. The van der Waals surface area contributed by atoms with E-state index in [1.165, 1.54) is 0 Å². The van der Waals surface area contributed by atoms with Gasteiger partial charge in [0.1, 0.15) is 11.6 Å². The van der Waals surface area contributed by atoms with E-state index in [4.69, 9.17) is 10.5 Å². The van der Waals surface area contributed by atoms with Gasteiger partial charge in [0.05, 0.1) is 0 Å². The molecule has 0 aromatic rings. The second kappa shape index (κ2) is 6.38. The van der Waals surface area contributed by atoms with Crippen LogP contribution in [-0.4, -0.2) is 17.6 Å². The van der Waals surface area contributed by atoms with E-state index < -0.39 is 11.6 Å². The third-order valence-electron chi connectivity index (χ3n) is 1.31. The Morgan fingerprint density at radius 3 is 2.23 bits per heavy atom. The van der Waals surface area contributed by atoms with E-state index in [0.717, 1.165) is 6.42 Å². The molecule has 3 nitrogen and oxygen atoms in total. The highest BCUT2D eigenvalue weighted by atomic mass is 79.9. The standard InChI is InChI=1S/C9H19NO2.BrH/c1-5-6-7(10)8(11)12-9(2,3)4;/h7H,5-6,10H2,1-4H3;1H/t7-;/m0./s1. The Kier molecular flexibility index (Phi) is 7.55. The van der Waals surface area contributed by atoms with E-state index >= 15 is 0 Å². The van der Waals surface area contributed by atoms with E-state index in [0.29, 0.717) is 6.42 Å². The molecular formula is C9H20BrNO2. The van der Waals surface area contributed by atoms with Crippen LogP contribution in [-0.2, 0) is 9.53 Å². The molecule has 0 saturated carbocycles. The van der Waals surface area contributed by atoms with E-state index in [1.807, 2.05) is 27.7 Å². The van der Waals surface area contributed by atoms with Gasteiger partial charge in [0.15, 0.2) is 0 Å². The molecule has 0 radical (unpaired) electrons. The molecule has 13 heavy (non-hydrogen) atoms.